The number of ether oxygens (including phenoxy) is 1. The summed E-state index contributed by atoms with van der Waals surface area (Å²) in [5, 5.41) is 5.46. The molecule has 3 aromatic rings. The minimum Gasteiger partial charge on any atom is -0.457 e. The van der Waals surface area contributed by atoms with Crippen molar-refractivity contribution in [2.45, 2.75) is 13.1 Å². The van der Waals surface area contributed by atoms with Crippen molar-refractivity contribution in [1.29, 1.82) is 0 Å². The van der Waals surface area contributed by atoms with E-state index in [-0.39, 0.29) is 17.7 Å². The average molecular weight is 368 g/mol. The Kier molecular flexibility index (Phi) is 5.99. The first-order valence-corrected chi connectivity index (χ1v) is 8.37. The van der Waals surface area contributed by atoms with E-state index in [9.17, 15) is 13.6 Å². The Hall–Kier alpha value is -3.41. The fourth-order valence-corrected chi connectivity index (χ4v) is 2.39. The van der Waals surface area contributed by atoms with Gasteiger partial charge in [-0.05, 0) is 59.7 Å². The molecule has 0 saturated heterocycles. The van der Waals surface area contributed by atoms with E-state index in [1.807, 2.05) is 12.1 Å². The number of benzene rings is 3. The van der Waals surface area contributed by atoms with Gasteiger partial charge in [0.2, 0.25) is 0 Å². The molecule has 0 aliphatic carbocycles. The third kappa shape index (κ3) is 5.81. The van der Waals surface area contributed by atoms with Crippen molar-refractivity contribution in [1.82, 2.24) is 10.6 Å². The van der Waals surface area contributed by atoms with Crippen LogP contribution in [0.2, 0.25) is 0 Å². The molecule has 0 unspecified atom stereocenters. The molecule has 3 aromatic carbocycles. The molecule has 0 bridgehead atoms. The van der Waals surface area contributed by atoms with E-state index in [4.69, 9.17) is 4.74 Å². The number of amides is 2. The van der Waals surface area contributed by atoms with Crippen molar-refractivity contribution in [3.05, 3.63) is 95.6 Å². The van der Waals surface area contributed by atoms with Gasteiger partial charge in [-0.3, -0.25) is 0 Å². The van der Waals surface area contributed by atoms with Crippen LogP contribution in [0.5, 0.6) is 11.5 Å². The van der Waals surface area contributed by atoms with Crippen LogP contribution in [0, 0.1) is 11.6 Å². The number of urea groups is 1. The normalized spacial score (nSPS) is 10.3. The van der Waals surface area contributed by atoms with E-state index in [2.05, 4.69) is 10.6 Å². The van der Waals surface area contributed by atoms with Crippen molar-refractivity contribution in [2.24, 2.45) is 0 Å². The van der Waals surface area contributed by atoms with E-state index in [0.717, 1.165) is 11.1 Å². The van der Waals surface area contributed by atoms with E-state index in [1.165, 1.54) is 24.3 Å². The second kappa shape index (κ2) is 8.80. The molecular formula is C21H18F2N2O2. The summed E-state index contributed by atoms with van der Waals surface area (Å²) in [6.07, 6.45) is 0. The molecule has 3 rings (SSSR count). The number of hydrogen-bond donors (Lipinski definition) is 2. The fraction of sp³-hybridized carbons (Fsp3) is 0.0952. The maximum atomic E-state index is 12.9. The zero-order valence-electron chi connectivity index (χ0n) is 14.4. The molecule has 0 saturated carbocycles. The summed E-state index contributed by atoms with van der Waals surface area (Å²) in [7, 11) is 0. The first-order chi connectivity index (χ1) is 13.1. The molecule has 0 aromatic heterocycles. The fourth-order valence-electron chi connectivity index (χ4n) is 2.39. The van der Waals surface area contributed by atoms with Crippen molar-refractivity contribution >= 4 is 6.03 Å². The lowest BCUT2D eigenvalue weighted by atomic mass is 10.2. The quantitative estimate of drug-likeness (QED) is 0.659. The van der Waals surface area contributed by atoms with E-state index in [1.54, 1.807) is 36.4 Å². The molecule has 2 N–H and O–H groups in total. The summed E-state index contributed by atoms with van der Waals surface area (Å²) in [6, 6.07) is 18.6. The van der Waals surface area contributed by atoms with Crippen LogP contribution in [0.1, 0.15) is 11.1 Å². The minimum atomic E-state index is -0.329. The lowest BCUT2D eigenvalue weighted by molar-refractivity contribution is 0.240. The smallest absolute Gasteiger partial charge is 0.315 e. The molecule has 0 aliphatic rings. The molecule has 6 heteroatoms. The Morgan fingerprint density at radius 1 is 0.741 bits per heavy atom. The molecule has 0 heterocycles. The number of carbonyl (C=O) groups excluding carboxylic acids is 1. The monoisotopic (exact) mass is 368 g/mol. The Balaban J connectivity index is 1.49. The summed E-state index contributed by atoms with van der Waals surface area (Å²) in [6.45, 7) is 0.621. The number of hydrogen-bond acceptors (Lipinski definition) is 2. The van der Waals surface area contributed by atoms with E-state index >= 15 is 0 Å². The number of nitrogens with one attached hydrogen (secondary N) is 2. The highest BCUT2D eigenvalue weighted by Gasteiger charge is 2.03. The zero-order valence-corrected chi connectivity index (χ0v) is 14.4. The molecule has 0 fully saturated rings. The lowest BCUT2D eigenvalue weighted by Crippen LogP contribution is -2.34. The molecule has 27 heavy (non-hydrogen) atoms. The van der Waals surface area contributed by atoms with Gasteiger partial charge in [-0.2, -0.15) is 0 Å². The van der Waals surface area contributed by atoms with Gasteiger partial charge in [0.05, 0.1) is 0 Å². The highest BCUT2D eigenvalue weighted by molar-refractivity contribution is 5.73. The Labute approximate surface area is 155 Å². The molecule has 138 valence electrons. The highest BCUT2D eigenvalue weighted by Crippen LogP contribution is 2.22. The number of halogens is 2. The maximum Gasteiger partial charge on any atom is 0.315 e. The van der Waals surface area contributed by atoms with E-state index < -0.39 is 0 Å². The number of rotatable bonds is 6. The van der Waals surface area contributed by atoms with Gasteiger partial charge in [-0.25, -0.2) is 13.6 Å². The first kappa shape index (κ1) is 18.4. The molecule has 4 nitrogen and oxygen atoms in total. The van der Waals surface area contributed by atoms with Crippen molar-refractivity contribution in [3.8, 4) is 11.5 Å². The van der Waals surface area contributed by atoms with Crippen LogP contribution in [0.25, 0.3) is 0 Å². The van der Waals surface area contributed by atoms with E-state index in [0.29, 0.717) is 24.6 Å². The SMILES string of the molecule is O=C(NCc1ccc(F)cc1)NCc1cccc(Oc2ccc(F)cc2)c1. The molecule has 0 spiro atoms. The summed E-state index contributed by atoms with van der Waals surface area (Å²) in [5.74, 6) is 0.476. The van der Waals surface area contributed by atoms with Gasteiger partial charge >= 0.3 is 6.03 Å². The molecule has 0 radical (unpaired) electrons. The topological polar surface area (TPSA) is 50.4 Å². The predicted octanol–water partition coefficient (Wildman–Crippen LogP) is 4.76. The van der Waals surface area contributed by atoms with Crippen LogP contribution in [0.3, 0.4) is 0 Å². The van der Waals surface area contributed by atoms with Crippen molar-refractivity contribution in [2.75, 3.05) is 0 Å². The highest BCUT2D eigenvalue weighted by atomic mass is 19.1. The second-order valence-electron chi connectivity index (χ2n) is 5.87. The Morgan fingerprint density at radius 2 is 1.33 bits per heavy atom. The molecule has 0 aliphatic heterocycles. The summed E-state index contributed by atoms with van der Waals surface area (Å²) in [4.78, 5) is 11.9. The van der Waals surface area contributed by atoms with Gasteiger partial charge in [0.15, 0.2) is 0 Å². The minimum absolute atomic E-state index is 0.305. The molecule has 0 atom stereocenters. The summed E-state index contributed by atoms with van der Waals surface area (Å²) < 4.78 is 31.5. The van der Waals surface area contributed by atoms with Gasteiger partial charge in [-0.15, -0.1) is 0 Å². The first-order valence-electron chi connectivity index (χ1n) is 8.37. The van der Waals surface area contributed by atoms with Crippen LogP contribution in [-0.4, -0.2) is 6.03 Å². The summed E-state index contributed by atoms with van der Waals surface area (Å²) >= 11 is 0. The second-order valence-corrected chi connectivity index (χ2v) is 5.87. The van der Waals surface area contributed by atoms with Gasteiger partial charge in [0.25, 0.3) is 0 Å². The molecule has 2 amide bonds. The van der Waals surface area contributed by atoms with Gasteiger partial charge < -0.3 is 15.4 Å². The van der Waals surface area contributed by atoms with Crippen LogP contribution >= 0.6 is 0 Å². The third-order valence-corrected chi connectivity index (χ3v) is 3.77. The average Bonchev–Trinajstić information content (AvgIpc) is 2.68. The van der Waals surface area contributed by atoms with Gasteiger partial charge in [-0.1, -0.05) is 24.3 Å². The van der Waals surface area contributed by atoms with Crippen molar-refractivity contribution < 1.29 is 18.3 Å². The largest absolute Gasteiger partial charge is 0.457 e. The summed E-state index contributed by atoms with van der Waals surface area (Å²) in [5.41, 5.74) is 1.66. The van der Waals surface area contributed by atoms with Gasteiger partial charge in [0.1, 0.15) is 23.1 Å². The zero-order chi connectivity index (χ0) is 19.1. The van der Waals surface area contributed by atoms with Crippen LogP contribution < -0.4 is 15.4 Å². The molecular weight excluding hydrogens is 350 g/mol. The van der Waals surface area contributed by atoms with Crippen molar-refractivity contribution in [3.63, 3.8) is 0 Å². The third-order valence-electron chi connectivity index (χ3n) is 3.77. The van der Waals surface area contributed by atoms with Crippen LogP contribution in [-0.2, 0) is 13.1 Å². The van der Waals surface area contributed by atoms with Crippen LogP contribution in [0.4, 0.5) is 13.6 Å². The number of carbonyl (C=O) groups is 1. The predicted molar refractivity (Wildman–Crippen MR) is 98.4 cm³/mol. The Bertz CT molecular complexity index is 897. The maximum absolute atomic E-state index is 12.9. The van der Waals surface area contributed by atoms with Crippen LogP contribution in [0.15, 0.2) is 72.8 Å². The Morgan fingerprint density at radius 3 is 2.00 bits per heavy atom. The lowest BCUT2D eigenvalue weighted by Gasteiger charge is -2.10. The standard InChI is InChI=1S/C21H18F2N2O2/c22-17-6-4-15(5-7-17)13-24-21(26)25-14-16-2-1-3-20(12-16)27-19-10-8-18(23)9-11-19/h1-12H,13-14H2,(H2,24,25,26). The van der Waals surface area contributed by atoms with Gasteiger partial charge in [0, 0.05) is 13.1 Å².